The standard InChI is InChI=1S/C24H29NO10/c1-25-6-5-24-9-14(27)13(26)8-11(24)12(25)7-10-3-4-15(33-2)20(16(10)24)34-23-19(30)17(28)18(29)21(35-23)22(31)32/h3-4,8,11-12,17-19,21,23,26,28-30H,5-7,9H2,1-2H3,(H,31,32). The number of aliphatic hydroxyl groups is 4. The summed E-state index contributed by atoms with van der Waals surface area (Å²) in [7, 11) is 3.44. The van der Waals surface area contributed by atoms with Gasteiger partial charge in [-0.3, -0.25) is 4.79 Å². The number of carbonyl (C=O) groups excluding carboxylic acids is 1. The highest BCUT2D eigenvalue weighted by Gasteiger charge is 2.57. The lowest BCUT2D eigenvalue weighted by Gasteiger charge is -2.56. The van der Waals surface area contributed by atoms with Crippen molar-refractivity contribution in [2.45, 2.75) is 61.4 Å². The number of hydrogen-bond donors (Lipinski definition) is 5. The first kappa shape index (κ1) is 24.0. The van der Waals surface area contributed by atoms with Gasteiger partial charge in [0.05, 0.1) is 7.11 Å². The van der Waals surface area contributed by atoms with Crippen molar-refractivity contribution in [1.29, 1.82) is 0 Å². The van der Waals surface area contributed by atoms with E-state index in [-0.39, 0.29) is 41.4 Å². The van der Waals surface area contributed by atoms with E-state index >= 15 is 0 Å². The average molecular weight is 491 g/mol. The van der Waals surface area contributed by atoms with E-state index in [0.717, 1.165) is 5.56 Å². The van der Waals surface area contributed by atoms with Crippen molar-refractivity contribution in [3.63, 3.8) is 0 Å². The van der Waals surface area contributed by atoms with Crippen LogP contribution < -0.4 is 9.47 Å². The van der Waals surface area contributed by atoms with E-state index in [4.69, 9.17) is 14.2 Å². The third-order valence-electron chi connectivity index (χ3n) is 8.03. The van der Waals surface area contributed by atoms with Gasteiger partial charge in [0, 0.05) is 29.4 Å². The van der Waals surface area contributed by atoms with E-state index in [1.54, 1.807) is 12.1 Å². The zero-order chi connectivity index (χ0) is 25.2. The van der Waals surface area contributed by atoms with Crippen LogP contribution in [0.25, 0.3) is 0 Å². The van der Waals surface area contributed by atoms with Gasteiger partial charge in [0.1, 0.15) is 18.3 Å². The molecule has 2 fully saturated rings. The molecule has 2 aliphatic heterocycles. The second-order valence-corrected chi connectivity index (χ2v) is 9.82. The Balaban J connectivity index is 1.64. The van der Waals surface area contributed by atoms with Crippen molar-refractivity contribution in [1.82, 2.24) is 4.90 Å². The van der Waals surface area contributed by atoms with Crippen LogP contribution in [0.15, 0.2) is 24.0 Å². The largest absolute Gasteiger partial charge is 0.505 e. The summed E-state index contributed by atoms with van der Waals surface area (Å²) in [5.74, 6) is -1.90. The van der Waals surface area contributed by atoms with E-state index < -0.39 is 42.1 Å². The molecule has 2 saturated heterocycles. The van der Waals surface area contributed by atoms with Crippen LogP contribution in [-0.4, -0.2) is 99.6 Å². The van der Waals surface area contributed by atoms with Gasteiger partial charge < -0.3 is 44.6 Å². The van der Waals surface area contributed by atoms with Gasteiger partial charge in [-0.25, -0.2) is 4.79 Å². The molecule has 0 radical (unpaired) electrons. The molecule has 35 heavy (non-hydrogen) atoms. The quantitative estimate of drug-likeness (QED) is 0.368. The summed E-state index contributed by atoms with van der Waals surface area (Å²) in [6.07, 6.45) is -6.02. The maximum Gasteiger partial charge on any atom is 0.335 e. The number of carbonyl (C=O) groups is 2. The summed E-state index contributed by atoms with van der Waals surface area (Å²) in [5.41, 5.74) is 0.866. The van der Waals surface area contributed by atoms with Gasteiger partial charge in [0.2, 0.25) is 6.29 Å². The predicted octanol–water partition coefficient (Wildman–Crippen LogP) is -0.505. The first-order valence-corrected chi connectivity index (χ1v) is 11.5. The fourth-order valence-electron chi connectivity index (χ4n) is 6.22. The van der Waals surface area contributed by atoms with Crippen molar-refractivity contribution in [3.8, 4) is 11.5 Å². The Morgan fingerprint density at radius 3 is 2.63 bits per heavy atom. The minimum Gasteiger partial charge on any atom is -0.505 e. The SMILES string of the molecule is COc1ccc2c(c1OC1OC(C(=O)O)C(O)C(O)C1O)C13CCN(C)C(C2)C1C=C(O)C(=O)C3. The number of carboxylic acid groups (broad SMARTS) is 1. The maximum absolute atomic E-state index is 12.7. The summed E-state index contributed by atoms with van der Waals surface area (Å²) in [4.78, 5) is 26.5. The third-order valence-corrected chi connectivity index (χ3v) is 8.03. The third kappa shape index (κ3) is 3.53. The lowest BCUT2D eigenvalue weighted by molar-refractivity contribution is -0.271. The molecular weight excluding hydrogens is 462 g/mol. The van der Waals surface area contributed by atoms with Gasteiger partial charge in [-0.2, -0.15) is 0 Å². The lowest BCUT2D eigenvalue weighted by atomic mass is 9.53. The van der Waals surface area contributed by atoms with Crippen molar-refractivity contribution >= 4 is 11.8 Å². The first-order chi connectivity index (χ1) is 16.6. The van der Waals surface area contributed by atoms with Crippen LogP contribution in [-0.2, 0) is 26.2 Å². The van der Waals surface area contributed by atoms with Gasteiger partial charge in [-0.15, -0.1) is 0 Å². The molecule has 0 amide bonds. The van der Waals surface area contributed by atoms with Crippen LogP contribution in [0.1, 0.15) is 24.0 Å². The molecule has 190 valence electrons. The van der Waals surface area contributed by atoms with Crippen LogP contribution >= 0.6 is 0 Å². The van der Waals surface area contributed by atoms with Gasteiger partial charge in [0.25, 0.3) is 0 Å². The monoisotopic (exact) mass is 491 g/mol. The summed E-state index contributed by atoms with van der Waals surface area (Å²) in [6.45, 7) is 0.702. The fraction of sp³-hybridized carbons (Fsp3) is 0.583. The van der Waals surface area contributed by atoms with Gasteiger partial charge >= 0.3 is 5.97 Å². The number of allylic oxidation sites excluding steroid dienone is 1. The number of carboxylic acids is 1. The predicted molar refractivity (Wildman–Crippen MR) is 118 cm³/mol. The summed E-state index contributed by atoms with van der Waals surface area (Å²) in [6, 6.07) is 3.62. The Morgan fingerprint density at radius 1 is 1.20 bits per heavy atom. The number of fused-ring (bicyclic) bond motifs is 1. The fourth-order valence-corrected chi connectivity index (χ4v) is 6.22. The number of rotatable bonds is 4. The van der Waals surface area contributed by atoms with Gasteiger partial charge in [-0.1, -0.05) is 6.07 Å². The molecule has 5 rings (SSSR count). The number of ketones is 1. The molecule has 4 aliphatic rings. The highest BCUT2D eigenvalue weighted by Crippen LogP contribution is 2.58. The van der Waals surface area contributed by atoms with Crippen LogP contribution in [0.4, 0.5) is 0 Å². The van der Waals surface area contributed by atoms with Gasteiger partial charge in [-0.05, 0) is 44.1 Å². The number of ether oxygens (including phenoxy) is 3. The topological polar surface area (TPSA) is 166 Å². The Morgan fingerprint density at radius 2 is 1.94 bits per heavy atom. The van der Waals surface area contributed by atoms with Crippen LogP contribution in [0, 0.1) is 5.92 Å². The number of likely N-dealkylation sites (tertiary alicyclic amines) is 1. The number of aliphatic carboxylic acids is 1. The molecule has 11 nitrogen and oxygen atoms in total. The highest BCUT2D eigenvalue weighted by atomic mass is 16.7. The smallest absolute Gasteiger partial charge is 0.335 e. The second-order valence-electron chi connectivity index (χ2n) is 9.82. The van der Waals surface area contributed by atoms with Crippen molar-refractivity contribution in [3.05, 3.63) is 35.1 Å². The summed E-state index contributed by atoms with van der Waals surface area (Å²) >= 11 is 0. The minimum absolute atomic E-state index is 0.0395. The average Bonchev–Trinajstić information content (AvgIpc) is 2.82. The van der Waals surface area contributed by atoms with Crippen LogP contribution in [0.2, 0.25) is 0 Å². The molecule has 8 unspecified atom stereocenters. The molecule has 1 aromatic carbocycles. The summed E-state index contributed by atoms with van der Waals surface area (Å²) < 4.78 is 17.0. The normalized spacial score (nSPS) is 38.7. The van der Waals surface area contributed by atoms with E-state index in [0.29, 0.717) is 24.9 Å². The Bertz CT molecular complexity index is 1090. The molecule has 1 aromatic rings. The number of Topliss-reactive ketones (excluding diaryl/α,β-unsaturated/α-hetero) is 1. The van der Waals surface area contributed by atoms with Crippen LogP contribution in [0.3, 0.4) is 0 Å². The molecule has 2 bridgehead atoms. The van der Waals surface area contributed by atoms with Crippen molar-refractivity contribution < 1.29 is 49.3 Å². The van der Waals surface area contributed by atoms with E-state index in [1.165, 1.54) is 7.11 Å². The second kappa shape index (κ2) is 8.45. The first-order valence-electron chi connectivity index (χ1n) is 11.5. The number of piperidine rings is 1. The molecule has 2 aliphatic carbocycles. The number of nitrogens with zero attached hydrogens (tertiary/aromatic N) is 1. The van der Waals surface area contributed by atoms with Crippen molar-refractivity contribution in [2.24, 2.45) is 5.92 Å². The molecule has 2 heterocycles. The van der Waals surface area contributed by atoms with Crippen molar-refractivity contribution in [2.75, 3.05) is 20.7 Å². The number of hydrogen-bond acceptors (Lipinski definition) is 10. The molecular formula is C24H29NO10. The maximum atomic E-state index is 12.7. The zero-order valence-electron chi connectivity index (χ0n) is 19.3. The van der Waals surface area contributed by atoms with Crippen LogP contribution in [0.5, 0.6) is 11.5 Å². The zero-order valence-corrected chi connectivity index (χ0v) is 19.3. The minimum atomic E-state index is -1.85. The molecule has 11 heteroatoms. The van der Waals surface area contributed by atoms with E-state index in [9.17, 15) is 35.1 Å². The number of likely N-dealkylation sites (N-methyl/N-ethyl adjacent to an activating group) is 1. The molecule has 0 spiro atoms. The molecule has 0 saturated carbocycles. The van der Waals surface area contributed by atoms with Gasteiger partial charge in [0.15, 0.2) is 29.1 Å². The highest BCUT2D eigenvalue weighted by molar-refractivity contribution is 5.95. The number of aliphatic hydroxyl groups excluding tert-OH is 4. The molecule has 5 N–H and O–H groups in total. The molecule has 0 aromatic heterocycles. The lowest BCUT2D eigenvalue weighted by Crippen LogP contribution is -2.62. The summed E-state index contributed by atoms with van der Waals surface area (Å²) in [5, 5.41) is 50.5. The van der Waals surface area contributed by atoms with E-state index in [2.05, 4.69) is 4.90 Å². The number of benzene rings is 1. The Kier molecular flexibility index (Phi) is 5.80. The number of methoxy groups -OCH3 is 1. The Labute approximate surface area is 201 Å². The molecule has 8 atom stereocenters. The Hall–Kier alpha value is -2.70. The van der Waals surface area contributed by atoms with E-state index in [1.807, 2.05) is 13.1 Å².